The van der Waals surface area contributed by atoms with Crippen LogP contribution in [0.5, 0.6) is 0 Å². The Hall–Kier alpha value is -3.00. The number of nitrogens with zero attached hydrogens (tertiary/aromatic N) is 2. The van der Waals surface area contributed by atoms with Gasteiger partial charge in [0.25, 0.3) is 11.5 Å². The number of nitrogens with one attached hydrogen (secondary N) is 2. The molecule has 0 radical (unpaired) electrons. The van der Waals surface area contributed by atoms with E-state index in [0.29, 0.717) is 27.5 Å². The van der Waals surface area contributed by atoms with Crippen LogP contribution in [0.1, 0.15) is 27.9 Å². The molecule has 6 nitrogen and oxygen atoms in total. The maximum Gasteiger partial charge on any atom is 0.281 e. The van der Waals surface area contributed by atoms with Gasteiger partial charge < -0.3 is 0 Å². The van der Waals surface area contributed by atoms with Gasteiger partial charge in [-0.05, 0) is 49.6 Å². The van der Waals surface area contributed by atoms with Crippen molar-refractivity contribution in [2.45, 2.75) is 13.8 Å². The molecule has 0 saturated heterocycles. The number of hydrogen-bond acceptors (Lipinski definition) is 4. The Morgan fingerprint density at radius 1 is 1.28 bits per heavy atom. The van der Waals surface area contributed by atoms with Crippen molar-refractivity contribution in [3.63, 3.8) is 0 Å². The van der Waals surface area contributed by atoms with E-state index in [1.54, 1.807) is 31.4 Å². The Morgan fingerprint density at radius 3 is 2.64 bits per heavy atom. The fraction of sp³-hybridized carbons (Fsp3) is 0.118. The molecule has 0 unspecified atom stereocenters. The van der Waals surface area contributed by atoms with Crippen LogP contribution in [0.4, 0.5) is 4.39 Å². The van der Waals surface area contributed by atoms with Crippen LogP contribution in [0.2, 0.25) is 0 Å². The number of H-pyrrole nitrogens is 1. The third-order valence-electron chi connectivity index (χ3n) is 3.59. The van der Waals surface area contributed by atoms with Crippen molar-refractivity contribution in [1.82, 2.24) is 15.2 Å². The highest BCUT2D eigenvalue weighted by Crippen LogP contribution is 2.10. The van der Waals surface area contributed by atoms with Gasteiger partial charge in [-0.3, -0.25) is 14.7 Å². The normalized spacial score (nSPS) is 11.6. The second kappa shape index (κ2) is 6.86. The van der Waals surface area contributed by atoms with E-state index in [0.717, 1.165) is 0 Å². The maximum atomic E-state index is 13.1. The van der Waals surface area contributed by atoms with E-state index in [1.807, 2.05) is 0 Å². The number of thiophene rings is 1. The predicted molar refractivity (Wildman–Crippen MR) is 95.1 cm³/mol. The zero-order valence-corrected chi connectivity index (χ0v) is 14.4. The quantitative estimate of drug-likeness (QED) is 0.556. The van der Waals surface area contributed by atoms with Crippen molar-refractivity contribution in [2.75, 3.05) is 0 Å². The summed E-state index contributed by atoms with van der Waals surface area (Å²) in [5.74, 6) is -0.712. The number of carbonyl (C=O) groups excluding carboxylic acids is 1. The number of aromatic nitrogens is 2. The second-order valence-corrected chi connectivity index (χ2v) is 6.29. The van der Waals surface area contributed by atoms with Crippen molar-refractivity contribution in [2.24, 2.45) is 5.10 Å². The number of hydrogen-bond donors (Lipinski definition) is 2. The molecule has 0 aliphatic heterocycles. The maximum absolute atomic E-state index is 13.1. The summed E-state index contributed by atoms with van der Waals surface area (Å²) >= 11 is 1.30. The van der Waals surface area contributed by atoms with Gasteiger partial charge in [-0.15, -0.1) is 11.3 Å². The summed E-state index contributed by atoms with van der Waals surface area (Å²) in [7, 11) is 0. The van der Waals surface area contributed by atoms with E-state index in [2.05, 4.69) is 15.6 Å². The molecule has 2 aromatic heterocycles. The minimum atomic E-state index is -0.380. The van der Waals surface area contributed by atoms with E-state index in [-0.39, 0.29) is 17.3 Å². The molecule has 3 aromatic rings. The molecule has 0 aliphatic carbocycles. The van der Waals surface area contributed by atoms with Crippen molar-refractivity contribution in [3.8, 4) is 5.69 Å². The predicted octanol–water partition coefficient (Wildman–Crippen LogP) is 2.83. The third kappa shape index (κ3) is 3.43. The molecule has 0 fully saturated rings. The number of aryl methyl sites for hydroxylation is 1. The Bertz CT molecular complexity index is 985. The molecule has 2 heterocycles. The number of halogens is 1. The number of aromatic amines is 1. The highest BCUT2D eigenvalue weighted by atomic mass is 32.1. The lowest BCUT2D eigenvalue weighted by atomic mass is 10.2. The molecule has 2 N–H and O–H groups in total. The first kappa shape index (κ1) is 16.8. The van der Waals surface area contributed by atoms with Crippen LogP contribution in [0.3, 0.4) is 0 Å². The Morgan fingerprint density at radius 2 is 2.00 bits per heavy atom. The van der Waals surface area contributed by atoms with Crippen molar-refractivity contribution in [3.05, 3.63) is 74.1 Å². The highest BCUT2D eigenvalue weighted by Gasteiger charge is 2.15. The molecule has 0 bridgehead atoms. The zero-order chi connectivity index (χ0) is 18.0. The summed E-state index contributed by atoms with van der Waals surface area (Å²) in [4.78, 5) is 25.1. The standard InChI is InChI=1S/C17H15FN4O2S/c1-10(19-20-16(23)14-4-3-9-25-14)15-11(2)21-22(17(15)24)13-7-5-12(18)6-8-13/h3-9,21H,1-2H3,(H,20,23)/b19-10+. The molecular weight excluding hydrogens is 343 g/mol. The van der Waals surface area contributed by atoms with Crippen LogP contribution in [0.15, 0.2) is 51.7 Å². The number of carbonyl (C=O) groups is 1. The number of hydrazone groups is 1. The summed E-state index contributed by atoms with van der Waals surface area (Å²) < 4.78 is 14.4. The summed E-state index contributed by atoms with van der Waals surface area (Å²) in [5, 5.41) is 8.75. The molecule has 0 atom stereocenters. The largest absolute Gasteiger partial charge is 0.295 e. The zero-order valence-electron chi connectivity index (χ0n) is 13.5. The van der Waals surface area contributed by atoms with Gasteiger partial charge in [-0.25, -0.2) is 14.5 Å². The molecule has 0 spiro atoms. The Kier molecular flexibility index (Phi) is 4.62. The van der Waals surface area contributed by atoms with Gasteiger partial charge in [0.15, 0.2) is 0 Å². The average Bonchev–Trinajstić information content (AvgIpc) is 3.22. The lowest BCUT2D eigenvalue weighted by Gasteiger charge is -2.00. The molecule has 0 saturated carbocycles. The van der Waals surface area contributed by atoms with Gasteiger partial charge >= 0.3 is 0 Å². The molecule has 3 rings (SSSR count). The van der Waals surface area contributed by atoms with Crippen LogP contribution >= 0.6 is 11.3 Å². The van der Waals surface area contributed by atoms with E-state index in [4.69, 9.17) is 0 Å². The first-order valence-corrected chi connectivity index (χ1v) is 8.31. The second-order valence-electron chi connectivity index (χ2n) is 5.34. The van der Waals surface area contributed by atoms with Crippen molar-refractivity contribution < 1.29 is 9.18 Å². The van der Waals surface area contributed by atoms with E-state index in [9.17, 15) is 14.0 Å². The summed E-state index contributed by atoms with van der Waals surface area (Å²) in [6.45, 7) is 3.37. The number of rotatable bonds is 4. The molecule has 1 aromatic carbocycles. The Labute approximate surface area is 146 Å². The van der Waals surface area contributed by atoms with E-state index < -0.39 is 0 Å². The molecule has 0 aliphatic rings. The highest BCUT2D eigenvalue weighted by molar-refractivity contribution is 7.12. The first-order chi connectivity index (χ1) is 12.0. The van der Waals surface area contributed by atoms with E-state index in [1.165, 1.54) is 40.3 Å². The fourth-order valence-corrected chi connectivity index (χ4v) is 3.01. The SMILES string of the molecule is C/C(=N\NC(=O)c1cccs1)c1c(C)[nH]n(-c2ccc(F)cc2)c1=O. The minimum absolute atomic E-state index is 0.323. The van der Waals surface area contributed by atoms with Crippen molar-refractivity contribution >= 4 is 23.0 Å². The van der Waals surface area contributed by atoms with Gasteiger partial charge in [0.1, 0.15) is 5.82 Å². The Balaban J connectivity index is 1.89. The van der Waals surface area contributed by atoms with Gasteiger partial charge in [-0.2, -0.15) is 5.10 Å². The fourth-order valence-electron chi connectivity index (χ4n) is 2.40. The molecular formula is C17H15FN4O2S. The summed E-state index contributed by atoms with van der Waals surface area (Å²) in [6, 6.07) is 9.02. The van der Waals surface area contributed by atoms with Crippen LogP contribution in [0.25, 0.3) is 5.69 Å². The monoisotopic (exact) mass is 358 g/mol. The van der Waals surface area contributed by atoms with Gasteiger partial charge in [-0.1, -0.05) is 6.07 Å². The lowest BCUT2D eigenvalue weighted by molar-refractivity contribution is 0.0959. The summed E-state index contributed by atoms with van der Waals surface area (Å²) in [6.07, 6.45) is 0. The number of benzene rings is 1. The molecule has 1 amide bonds. The van der Waals surface area contributed by atoms with Gasteiger partial charge in [0.2, 0.25) is 0 Å². The van der Waals surface area contributed by atoms with Gasteiger partial charge in [0, 0.05) is 5.69 Å². The first-order valence-electron chi connectivity index (χ1n) is 7.43. The van der Waals surface area contributed by atoms with Gasteiger partial charge in [0.05, 0.1) is 21.8 Å². The van der Waals surface area contributed by atoms with Crippen molar-refractivity contribution in [1.29, 1.82) is 0 Å². The number of amides is 1. The summed E-state index contributed by atoms with van der Waals surface area (Å²) in [5.41, 5.74) is 3.96. The van der Waals surface area contributed by atoms with Crippen LogP contribution in [0, 0.1) is 12.7 Å². The molecule has 128 valence electrons. The third-order valence-corrected chi connectivity index (χ3v) is 4.46. The smallest absolute Gasteiger partial charge is 0.281 e. The minimum Gasteiger partial charge on any atom is -0.295 e. The van der Waals surface area contributed by atoms with Crippen LogP contribution in [-0.2, 0) is 0 Å². The van der Waals surface area contributed by atoms with E-state index >= 15 is 0 Å². The topological polar surface area (TPSA) is 79.2 Å². The van der Waals surface area contributed by atoms with Crippen LogP contribution < -0.4 is 11.0 Å². The molecule has 8 heteroatoms. The average molecular weight is 358 g/mol. The van der Waals surface area contributed by atoms with Crippen LogP contribution in [-0.4, -0.2) is 21.4 Å². The molecule has 25 heavy (non-hydrogen) atoms. The lowest BCUT2D eigenvalue weighted by Crippen LogP contribution is -2.23.